The van der Waals surface area contributed by atoms with Gasteiger partial charge in [0.05, 0.1) is 16.8 Å². The van der Waals surface area contributed by atoms with E-state index in [1.807, 2.05) is 18.2 Å². The van der Waals surface area contributed by atoms with E-state index in [1.54, 1.807) is 6.07 Å². The second-order valence-electron chi connectivity index (χ2n) is 7.70. The van der Waals surface area contributed by atoms with Gasteiger partial charge in [-0.2, -0.15) is 5.26 Å². The minimum absolute atomic E-state index is 0.151. The van der Waals surface area contributed by atoms with E-state index in [2.05, 4.69) is 40.0 Å². The van der Waals surface area contributed by atoms with Gasteiger partial charge in [0.1, 0.15) is 17.9 Å². The molecule has 0 saturated heterocycles. The lowest BCUT2D eigenvalue weighted by Gasteiger charge is -2.22. The molecule has 0 unspecified atom stereocenters. The van der Waals surface area contributed by atoms with Crippen molar-refractivity contribution in [3.8, 4) is 11.8 Å². The Bertz CT molecular complexity index is 932. The molecule has 1 aromatic carbocycles. The number of ether oxygens (including phenoxy) is 1. The normalized spacial score (nSPS) is 15.1. The van der Waals surface area contributed by atoms with Crippen molar-refractivity contribution in [2.75, 3.05) is 5.75 Å². The number of aromatic nitrogens is 3. The maximum atomic E-state index is 12.5. The maximum Gasteiger partial charge on any atom is 0.231 e. The number of thioether (sulfide) groups is 1. The zero-order valence-electron chi connectivity index (χ0n) is 17.9. The average Bonchev–Trinajstić information content (AvgIpc) is 3.40. The Hall–Kier alpha value is -2.24. The van der Waals surface area contributed by atoms with Crippen molar-refractivity contribution in [1.82, 2.24) is 20.1 Å². The molecule has 0 radical (unpaired) electrons. The van der Waals surface area contributed by atoms with Crippen molar-refractivity contribution in [2.24, 2.45) is 0 Å². The van der Waals surface area contributed by atoms with E-state index in [9.17, 15) is 10.1 Å². The summed E-state index contributed by atoms with van der Waals surface area (Å²) >= 11 is 7.53. The van der Waals surface area contributed by atoms with Gasteiger partial charge in [0.15, 0.2) is 11.0 Å². The standard InChI is InChI=1S/C22H28ClN5O2S/c1-3-16(4-2)28-19(13-30-18-10-6-5-9-17(18)23)26-27-21(28)31-14-20(29)25-22(15-24)11-7-8-12-22/h5-6,9-10,16H,3-4,7-8,11-14H2,1-2H3,(H,25,29). The van der Waals surface area contributed by atoms with Crippen molar-refractivity contribution in [3.63, 3.8) is 0 Å². The fourth-order valence-electron chi connectivity index (χ4n) is 3.91. The predicted octanol–water partition coefficient (Wildman–Crippen LogP) is 4.92. The number of nitrogens with zero attached hydrogens (tertiary/aromatic N) is 4. The van der Waals surface area contributed by atoms with Crippen LogP contribution >= 0.6 is 23.4 Å². The third kappa shape index (κ3) is 5.72. The molecule has 1 heterocycles. The molecule has 0 aliphatic heterocycles. The summed E-state index contributed by atoms with van der Waals surface area (Å²) in [6, 6.07) is 9.80. The van der Waals surface area contributed by atoms with Gasteiger partial charge in [0.25, 0.3) is 0 Å². The fourth-order valence-corrected chi connectivity index (χ4v) is 4.92. The molecule has 0 atom stereocenters. The number of nitriles is 1. The number of amides is 1. The van der Waals surface area contributed by atoms with Crippen molar-refractivity contribution in [1.29, 1.82) is 5.26 Å². The summed E-state index contributed by atoms with van der Waals surface area (Å²) in [7, 11) is 0. The van der Waals surface area contributed by atoms with Crippen LogP contribution in [0.3, 0.4) is 0 Å². The van der Waals surface area contributed by atoms with Crippen LogP contribution in [-0.2, 0) is 11.4 Å². The Labute approximate surface area is 192 Å². The molecule has 1 aliphatic carbocycles. The number of halogens is 1. The van der Waals surface area contributed by atoms with Gasteiger partial charge in [0.2, 0.25) is 5.91 Å². The lowest BCUT2D eigenvalue weighted by molar-refractivity contribution is -0.119. The summed E-state index contributed by atoms with van der Waals surface area (Å²) in [6.07, 6.45) is 5.19. The van der Waals surface area contributed by atoms with E-state index in [4.69, 9.17) is 16.3 Å². The lowest BCUT2D eigenvalue weighted by Crippen LogP contribution is -2.45. The van der Waals surface area contributed by atoms with Gasteiger partial charge in [-0.25, -0.2) is 0 Å². The number of benzene rings is 1. The third-order valence-corrected chi connectivity index (χ3v) is 6.87. The number of hydrogen-bond acceptors (Lipinski definition) is 6. The third-order valence-electron chi connectivity index (χ3n) is 5.62. The van der Waals surface area contributed by atoms with Crippen molar-refractivity contribution < 1.29 is 9.53 Å². The minimum Gasteiger partial charge on any atom is -0.484 e. The quantitative estimate of drug-likeness (QED) is 0.505. The SMILES string of the molecule is CCC(CC)n1c(COc2ccccc2Cl)nnc1SCC(=O)NC1(C#N)CCCC1. The van der Waals surface area contributed by atoms with Crippen LogP contribution < -0.4 is 10.1 Å². The molecular weight excluding hydrogens is 434 g/mol. The number of carbonyl (C=O) groups excluding carboxylic acids is 1. The summed E-state index contributed by atoms with van der Waals surface area (Å²) < 4.78 is 7.94. The van der Waals surface area contributed by atoms with Gasteiger partial charge in [0, 0.05) is 6.04 Å². The Morgan fingerprint density at radius 3 is 2.68 bits per heavy atom. The number of nitrogens with one attached hydrogen (secondary N) is 1. The van der Waals surface area contributed by atoms with E-state index < -0.39 is 5.54 Å². The smallest absolute Gasteiger partial charge is 0.231 e. The lowest BCUT2D eigenvalue weighted by atomic mass is 10.0. The van der Waals surface area contributed by atoms with Gasteiger partial charge in [-0.3, -0.25) is 4.79 Å². The first-order valence-electron chi connectivity index (χ1n) is 10.7. The number of hydrogen-bond donors (Lipinski definition) is 1. The second kappa shape index (κ2) is 10.9. The largest absolute Gasteiger partial charge is 0.484 e. The van der Waals surface area contributed by atoms with Crippen molar-refractivity contribution in [3.05, 3.63) is 35.1 Å². The Morgan fingerprint density at radius 2 is 2.03 bits per heavy atom. The van der Waals surface area contributed by atoms with E-state index in [1.165, 1.54) is 11.8 Å². The minimum atomic E-state index is -0.714. The summed E-state index contributed by atoms with van der Waals surface area (Å²) in [4.78, 5) is 12.5. The summed E-state index contributed by atoms with van der Waals surface area (Å²) in [6.45, 7) is 4.47. The summed E-state index contributed by atoms with van der Waals surface area (Å²) in [5.41, 5.74) is -0.714. The molecule has 1 amide bonds. The van der Waals surface area contributed by atoms with Gasteiger partial charge < -0.3 is 14.6 Å². The maximum absolute atomic E-state index is 12.5. The molecule has 1 saturated carbocycles. The van der Waals surface area contributed by atoms with Crippen LogP contribution in [0.25, 0.3) is 0 Å². The van der Waals surface area contributed by atoms with Crippen LogP contribution in [-0.4, -0.2) is 32.0 Å². The highest BCUT2D eigenvalue weighted by atomic mass is 35.5. The molecule has 31 heavy (non-hydrogen) atoms. The molecule has 0 bridgehead atoms. The molecule has 3 rings (SSSR count). The predicted molar refractivity (Wildman–Crippen MR) is 121 cm³/mol. The van der Waals surface area contributed by atoms with Crippen LogP contribution in [0.4, 0.5) is 0 Å². The Kier molecular flexibility index (Phi) is 8.22. The molecular formula is C22H28ClN5O2S. The first-order chi connectivity index (χ1) is 15.0. The molecule has 166 valence electrons. The Morgan fingerprint density at radius 1 is 1.32 bits per heavy atom. The summed E-state index contributed by atoms with van der Waals surface area (Å²) in [5.74, 6) is 1.32. The van der Waals surface area contributed by atoms with Crippen LogP contribution in [0, 0.1) is 11.3 Å². The average molecular weight is 462 g/mol. The molecule has 2 aromatic rings. The van der Waals surface area contributed by atoms with E-state index in [0.717, 1.165) is 25.7 Å². The van der Waals surface area contributed by atoms with Crippen molar-refractivity contribution >= 4 is 29.3 Å². The first kappa shape index (κ1) is 23.4. The topological polar surface area (TPSA) is 92.8 Å². The van der Waals surface area contributed by atoms with E-state index in [-0.39, 0.29) is 24.3 Å². The molecule has 1 N–H and O–H groups in total. The van der Waals surface area contributed by atoms with Crippen molar-refractivity contribution in [2.45, 2.75) is 75.7 Å². The zero-order valence-corrected chi connectivity index (χ0v) is 19.5. The van der Waals surface area contributed by atoms with Gasteiger partial charge in [-0.15, -0.1) is 10.2 Å². The molecule has 0 spiro atoms. The monoisotopic (exact) mass is 461 g/mol. The second-order valence-corrected chi connectivity index (χ2v) is 9.05. The first-order valence-corrected chi connectivity index (χ1v) is 12.0. The van der Waals surface area contributed by atoms with E-state index in [0.29, 0.717) is 34.6 Å². The molecule has 1 aliphatic rings. The molecule has 7 nitrogen and oxygen atoms in total. The van der Waals surface area contributed by atoms with Crippen LogP contribution in [0.1, 0.15) is 64.2 Å². The highest BCUT2D eigenvalue weighted by Gasteiger charge is 2.35. The van der Waals surface area contributed by atoms with E-state index >= 15 is 0 Å². The Balaban J connectivity index is 1.70. The number of rotatable bonds is 10. The van der Waals surface area contributed by atoms with Crippen LogP contribution in [0.2, 0.25) is 5.02 Å². The van der Waals surface area contributed by atoms with Gasteiger partial charge in [-0.05, 0) is 50.7 Å². The zero-order chi connectivity index (χ0) is 22.3. The highest BCUT2D eigenvalue weighted by Crippen LogP contribution is 2.30. The number of para-hydroxylation sites is 1. The molecule has 1 fully saturated rings. The fraction of sp³-hybridized carbons (Fsp3) is 0.545. The number of carbonyl (C=O) groups is 1. The van der Waals surface area contributed by atoms with Gasteiger partial charge in [-0.1, -0.05) is 49.3 Å². The van der Waals surface area contributed by atoms with Gasteiger partial charge >= 0.3 is 0 Å². The molecule has 9 heteroatoms. The summed E-state index contributed by atoms with van der Waals surface area (Å²) in [5, 5.41) is 22.3. The van der Waals surface area contributed by atoms with Crippen LogP contribution in [0.5, 0.6) is 5.75 Å². The molecule has 1 aromatic heterocycles. The van der Waals surface area contributed by atoms with Crippen LogP contribution in [0.15, 0.2) is 29.4 Å². The highest BCUT2D eigenvalue weighted by molar-refractivity contribution is 7.99.